The Hall–Kier alpha value is -2.13. The van der Waals surface area contributed by atoms with Gasteiger partial charge in [0.05, 0.1) is 18.8 Å². The summed E-state index contributed by atoms with van der Waals surface area (Å²) in [5, 5.41) is 4.01. The average molecular weight is 501 g/mol. The normalized spacial score (nSPS) is 17.9. The van der Waals surface area contributed by atoms with Crippen molar-refractivity contribution in [3.8, 4) is 0 Å². The second-order valence-electron chi connectivity index (χ2n) is 9.51. The van der Waals surface area contributed by atoms with Gasteiger partial charge in [-0.1, -0.05) is 17.7 Å². The van der Waals surface area contributed by atoms with E-state index in [-0.39, 0.29) is 54.0 Å². The van der Waals surface area contributed by atoms with Crippen LogP contribution in [0.3, 0.4) is 0 Å². The lowest BCUT2D eigenvalue weighted by atomic mass is 9.92. The number of hydrogen-bond donors (Lipinski definition) is 0. The highest BCUT2D eigenvalue weighted by atomic mass is 35.5. The van der Waals surface area contributed by atoms with Crippen LogP contribution in [0.5, 0.6) is 0 Å². The monoisotopic (exact) mass is 500 g/mol. The van der Waals surface area contributed by atoms with Crippen molar-refractivity contribution in [2.45, 2.75) is 64.8 Å². The zero-order valence-corrected chi connectivity index (χ0v) is 20.1. The van der Waals surface area contributed by atoms with E-state index in [1.165, 1.54) is 16.8 Å². The van der Waals surface area contributed by atoms with Gasteiger partial charge in [0.2, 0.25) is 5.91 Å². The van der Waals surface area contributed by atoms with Gasteiger partial charge in [0.15, 0.2) is 5.69 Å². The van der Waals surface area contributed by atoms with E-state index >= 15 is 0 Å². The van der Waals surface area contributed by atoms with Crippen molar-refractivity contribution in [1.82, 2.24) is 19.6 Å². The molecule has 0 saturated carbocycles. The number of hydrogen-bond acceptors (Lipinski definition) is 3. The Kier molecular flexibility index (Phi) is 7.24. The first kappa shape index (κ1) is 25.0. The highest BCUT2D eigenvalue weighted by Crippen LogP contribution is 2.36. The summed E-state index contributed by atoms with van der Waals surface area (Å²) in [5.41, 5.74) is -0.360. The van der Waals surface area contributed by atoms with Gasteiger partial charge in [-0.05, 0) is 64.3 Å². The number of rotatable bonds is 5. The summed E-state index contributed by atoms with van der Waals surface area (Å²) in [5.74, 6) is -0.378. The van der Waals surface area contributed by atoms with Crippen LogP contribution in [-0.4, -0.2) is 51.2 Å². The summed E-state index contributed by atoms with van der Waals surface area (Å²) >= 11 is 5.80. The van der Waals surface area contributed by atoms with Gasteiger partial charge in [0, 0.05) is 35.2 Å². The first-order chi connectivity index (χ1) is 16.0. The lowest BCUT2D eigenvalue weighted by molar-refractivity contribution is -0.142. The van der Waals surface area contributed by atoms with Crippen molar-refractivity contribution in [3.63, 3.8) is 0 Å². The van der Waals surface area contributed by atoms with Crippen molar-refractivity contribution in [3.05, 3.63) is 51.6 Å². The topological polar surface area (TPSA) is 41.4 Å². The van der Waals surface area contributed by atoms with Gasteiger partial charge >= 0.3 is 6.18 Å². The zero-order chi connectivity index (χ0) is 24.6. The Morgan fingerprint density at radius 2 is 1.91 bits per heavy atom. The molecule has 0 unspecified atom stereocenters. The largest absolute Gasteiger partial charge is 0.435 e. The Bertz CT molecular complexity index is 1040. The first-order valence-corrected chi connectivity index (χ1v) is 12.0. The molecule has 2 aliphatic rings. The van der Waals surface area contributed by atoms with E-state index in [1.54, 1.807) is 4.90 Å². The van der Waals surface area contributed by atoms with Gasteiger partial charge in [0.1, 0.15) is 5.82 Å². The fourth-order valence-electron chi connectivity index (χ4n) is 4.91. The third-order valence-corrected chi connectivity index (χ3v) is 7.17. The summed E-state index contributed by atoms with van der Waals surface area (Å²) < 4.78 is 56.5. The molecule has 0 N–H and O–H groups in total. The number of alkyl halides is 3. The molecule has 0 spiro atoms. The van der Waals surface area contributed by atoms with E-state index in [0.29, 0.717) is 18.2 Å². The van der Waals surface area contributed by atoms with Crippen LogP contribution in [-0.2, 0) is 30.5 Å². The van der Waals surface area contributed by atoms with Gasteiger partial charge in [-0.2, -0.15) is 18.3 Å². The maximum absolute atomic E-state index is 14.3. The molecule has 1 amide bonds. The summed E-state index contributed by atoms with van der Waals surface area (Å²) in [6, 6.07) is 4.53. The number of amides is 1. The van der Waals surface area contributed by atoms with Crippen LogP contribution in [0.2, 0.25) is 5.02 Å². The molecule has 0 aliphatic carbocycles. The van der Waals surface area contributed by atoms with Gasteiger partial charge < -0.3 is 9.80 Å². The fourth-order valence-corrected chi connectivity index (χ4v) is 5.07. The molecule has 1 aromatic heterocycles. The van der Waals surface area contributed by atoms with Crippen LogP contribution >= 0.6 is 11.6 Å². The number of carbonyl (C=O) groups excluding carboxylic acids is 1. The molecular formula is C24H29ClF4N4O. The van der Waals surface area contributed by atoms with Crippen molar-refractivity contribution in [2.75, 3.05) is 19.6 Å². The molecule has 4 rings (SSSR count). The van der Waals surface area contributed by atoms with Crippen molar-refractivity contribution in [2.24, 2.45) is 5.92 Å². The second-order valence-corrected chi connectivity index (χ2v) is 9.94. The van der Waals surface area contributed by atoms with Crippen LogP contribution in [0.1, 0.15) is 55.6 Å². The van der Waals surface area contributed by atoms with Crippen LogP contribution < -0.4 is 0 Å². The van der Waals surface area contributed by atoms with E-state index in [0.717, 1.165) is 32.0 Å². The number of carbonyl (C=O) groups is 1. The summed E-state index contributed by atoms with van der Waals surface area (Å²) in [4.78, 5) is 17.1. The fraction of sp³-hybridized carbons (Fsp3) is 0.583. The van der Waals surface area contributed by atoms with E-state index < -0.39 is 17.7 Å². The molecule has 10 heteroatoms. The third kappa shape index (κ3) is 5.40. The molecule has 1 saturated heterocycles. The van der Waals surface area contributed by atoms with Gasteiger partial charge in [-0.3, -0.25) is 9.48 Å². The molecule has 1 fully saturated rings. The maximum Gasteiger partial charge on any atom is 0.435 e. The zero-order valence-electron chi connectivity index (χ0n) is 19.3. The lowest BCUT2D eigenvalue weighted by Crippen LogP contribution is -2.41. The maximum atomic E-state index is 14.3. The predicted octanol–water partition coefficient (Wildman–Crippen LogP) is 5.14. The minimum absolute atomic E-state index is 0.0390. The molecular weight excluding hydrogens is 472 g/mol. The lowest BCUT2D eigenvalue weighted by Gasteiger charge is -2.35. The second kappa shape index (κ2) is 9.85. The van der Waals surface area contributed by atoms with Gasteiger partial charge in [0.25, 0.3) is 0 Å². The standard InChI is InChI=1S/C24H29ClF4N4O/c1-15(2)31-8-5-16(6-9-31)11-22(34)32-10-7-19-21(14-32)33(30-23(19)24(27,28)29)13-17-3-4-18(25)12-20(17)26/h3-4,12,15-16H,5-11,13-14H2,1-2H3. The third-order valence-electron chi connectivity index (χ3n) is 6.94. The minimum Gasteiger partial charge on any atom is -0.336 e. The first-order valence-electron chi connectivity index (χ1n) is 11.6. The molecule has 2 aliphatic heterocycles. The summed E-state index contributed by atoms with van der Waals surface area (Å²) in [6.45, 7) is 6.31. The molecule has 3 heterocycles. The molecule has 0 atom stereocenters. The summed E-state index contributed by atoms with van der Waals surface area (Å²) in [7, 11) is 0. The number of halogens is 5. The van der Waals surface area contributed by atoms with Crippen LogP contribution in [0.4, 0.5) is 17.6 Å². The molecule has 34 heavy (non-hydrogen) atoms. The van der Waals surface area contributed by atoms with E-state index in [4.69, 9.17) is 11.6 Å². The molecule has 186 valence electrons. The number of fused-ring (bicyclic) bond motifs is 1. The van der Waals surface area contributed by atoms with E-state index in [1.807, 2.05) is 0 Å². The van der Waals surface area contributed by atoms with Gasteiger partial charge in [-0.15, -0.1) is 0 Å². The highest BCUT2D eigenvalue weighted by molar-refractivity contribution is 6.30. The number of piperidine rings is 1. The molecule has 0 bridgehead atoms. The van der Waals surface area contributed by atoms with Crippen LogP contribution in [0.25, 0.3) is 0 Å². The molecule has 5 nitrogen and oxygen atoms in total. The Morgan fingerprint density at radius 1 is 1.21 bits per heavy atom. The smallest absolute Gasteiger partial charge is 0.336 e. The van der Waals surface area contributed by atoms with Crippen molar-refractivity contribution >= 4 is 17.5 Å². The van der Waals surface area contributed by atoms with Crippen molar-refractivity contribution < 1.29 is 22.4 Å². The van der Waals surface area contributed by atoms with Crippen LogP contribution in [0.15, 0.2) is 18.2 Å². The minimum atomic E-state index is -4.62. The van der Waals surface area contributed by atoms with Crippen LogP contribution in [0, 0.1) is 11.7 Å². The highest BCUT2D eigenvalue weighted by Gasteiger charge is 2.41. The molecule has 2 aromatic rings. The number of benzene rings is 1. The molecule has 1 aromatic carbocycles. The quantitative estimate of drug-likeness (QED) is 0.534. The Morgan fingerprint density at radius 3 is 2.53 bits per heavy atom. The Labute approximate surface area is 201 Å². The van der Waals surface area contributed by atoms with Crippen molar-refractivity contribution in [1.29, 1.82) is 0 Å². The number of nitrogens with zero attached hydrogens (tertiary/aromatic N) is 4. The van der Waals surface area contributed by atoms with E-state index in [9.17, 15) is 22.4 Å². The predicted molar refractivity (Wildman–Crippen MR) is 121 cm³/mol. The van der Waals surface area contributed by atoms with E-state index in [2.05, 4.69) is 23.8 Å². The number of aromatic nitrogens is 2. The Balaban J connectivity index is 1.51. The molecule has 0 radical (unpaired) electrons. The summed E-state index contributed by atoms with van der Waals surface area (Å²) in [6.07, 6.45) is -2.27. The SMILES string of the molecule is CC(C)N1CCC(CC(=O)N2CCc3c(C(F)(F)F)nn(Cc4ccc(Cl)cc4F)c3C2)CC1. The number of likely N-dealkylation sites (tertiary alicyclic amines) is 1. The van der Waals surface area contributed by atoms with Gasteiger partial charge in [-0.25, -0.2) is 4.39 Å². The average Bonchev–Trinajstić information content (AvgIpc) is 3.14.